The standard InChI is InChI=1S/C16H22N2O3S/c1-10-3-5-12(6-4-10)18-22(20,21)13-7-8-15-14(9-13)11(2)16(19)17-15/h7-12,18H,3-6H2,1-2H3,(H,17,19)/t10?,11-,12?/m1/s1. The number of carbonyl (C=O) groups excluding carboxylic acids is 1. The minimum Gasteiger partial charge on any atom is -0.325 e. The van der Waals surface area contributed by atoms with E-state index >= 15 is 0 Å². The van der Waals surface area contributed by atoms with Crippen molar-refractivity contribution in [2.75, 3.05) is 5.32 Å². The molecule has 1 aromatic carbocycles. The van der Waals surface area contributed by atoms with Crippen LogP contribution in [0.5, 0.6) is 0 Å². The Hall–Kier alpha value is -1.40. The first-order valence-electron chi connectivity index (χ1n) is 7.84. The molecular weight excluding hydrogens is 300 g/mol. The zero-order chi connectivity index (χ0) is 15.9. The Kier molecular flexibility index (Phi) is 3.99. The van der Waals surface area contributed by atoms with Crippen LogP contribution in [-0.2, 0) is 14.8 Å². The van der Waals surface area contributed by atoms with Gasteiger partial charge in [-0.25, -0.2) is 13.1 Å². The van der Waals surface area contributed by atoms with Crippen LogP contribution in [0.4, 0.5) is 5.69 Å². The van der Waals surface area contributed by atoms with Crippen molar-refractivity contribution in [1.82, 2.24) is 4.72 Å². The molecule has 1 amide bonds. The van der Waals surface area contributed by atoms with Gasteiger partial charge in [0.2, 0.25) is 15.9 Å². The van der Waals surface area contributed by atoms with Crippen LogP contribution in [0.3, 0.4) is 0 Å². The number of sulfonamides is 1. The number of nitrogens with one attached hydrogen (secondary N) is 2. The first-order valence-corrected chi connectivity index (χ1v) is 9.32. The Morgan fingerprint density at radius 1 is 1.14 bits per heavy atom. The Bertz CT molecular complexity index is 691. The average molecular weight is 322 g/mol. The molecule has 2 N–H and O–H groups in total. The lowest BCUT2D eigenvalue weighted by Crippen LogP contribution is -2.37. The summed E-state index contributed by atoms with van der Waals surface area (Å²) in [5, 5.41) is 2.76. The number of fused-ring (bicyclic) bond motifs is 1. The van der Waals surface area contributed by atoms with Gasteiger partial charge in [0, 0.05) is 11.7 Å². The van der Waals surface area contributed by atoms with Crippen LogP contribution >= 0.6 is 0 Å². The van der Waals surface area contributed by atoms with Gasteiger partial charge >= 0.3 is 0 Å². The molecule has 0 spiro atoms. The number of rotatable bonds is 3. The van der Waals surface area contributed by atoms with E-state index in [1.54, 1.807) is 25.1 Å². The van der Waals surface area contributed by atoms with E-state index in [2.05, 4.69) is 17.0 Å². The van der Waals surface area contributed by atoms with Crippen molar-refractivity contribution in [1.29, 1.82) is 0 Å². The Morgan fingerprint density at radius 3 is 2.50 bits per heavy atom. The van der Waals surface area contributed by atoms with Crippen LogP contribution in [0.1, 0.15) is 51.0 Å². The molecule has 2 aliphatic rings. The summed E-state index contributed by atoms with van der Waals surface area (Å²) in [4.78, 5) is 11.9. The van der Waals surface area contributed by atoms with Crippen LogP contribution in [0.2, 0.25) is 0 Å². The second-order valence-corrected chi connectivity index (χ2v) is 8.25. The van der Waals surface area contributed by atoms with Gasteiger partial charge in [0.15, 0.2) is 0 Å². The highest BCUT2D eigenvalue weighted by molar-refractivity contribution is 7.89. The van der Waals surface area contributed by atoms with Crippen LogP contribution in [0, 0.1) is 5.92 Å². The zero-order valence-corrected chi connectivity index (χ0v) is 13.7. The first kappa shape index (κ1) is 15.5. The quantitative estimate of drug-likeness (QED) is 0.898. The molecule has 0 bridgehead atoms. The maximum Gasteiger partial charge on any atom is 0.240 e. The van der Waals surface area contributed by atoms with Gasteiger partial charge in [0.1, 0.15) is 0 Å². The fourth-order valence-corrected chi connectivity index (χ4v) is 4.57. The molecule has 120 valence electrons. The lowest BCUT2D eigenvalue weighted by molar-refractivity contribution is -0.116. The molecule has 1 saturated carbocycles. The van der Waals surface area contributed by atoms with E-state index in [0.29, 0.717) is 11.6 Å². The number of anilines is 1. The second-order valence-electron chi connectivity index (χ2n) is 6.54. The van der Waals surface area contributed by atoms with Crippen LogP contribution in [0.15, 0.2) is 23.1 Å². The zero-order valence-electron chi connectivity index (χ0n) is 12.9. The lowest BCUT2D eigenvalue weighted by atomic mass is 9.88. The van der Waals surface area contributed by atoms with Gasteiger partial charge in [0.25, 0.3) is 0 Å². The Labute approximate surface area is 131 Å². The van der Waals surface area contributed by atoms with Gasteiger partial charge in [-0.05, 0) is 62.3 Å². The Morgan fingerprint density at radius 2 is 1.82 bits per heavy atom. The molecular formula is C16H22N2O3S. The molecule has 22 heavy (non-hydrogen) atoms. The summed E-state index contributed by atoms with van der Waals surface area (Å²) in [6.07, 6.45) is 3.91. The van der Waals surface area contributed by atoms with E-state index in [1.807, 2.05) is 0 Å². The molecule has 1 atom stereocenters. The summed E-state index contributed by atoms with van der Waals surface area (Å²) in [6, 6.07) is 4.87. The van der Waals surface area contributed by atoms with Gasteiger partial charge in [-0.15, -0.1) is 0 Å². The second kappa shape index (κ2) is 5.66. The van der Waals surface area contributed by atoms with Crippen molar-refractivity contribution in [3.63, 3.8) is 0 Å². The molecule has 1 aliphatic heterocycles. The molecule has 1 fully saturated rings. The van der Waals surface area contributed by atoms with Crippen molar-refractivity contribution in [3.8, 4) is 0 Å². The third kappa shape index (κ3) is 2.90. The molecule has 0 unspecified atom stereocenters. The van der Waals surface area contributed by atoms with E-state index in [-0.39, 0.29) is 22.8 Å². The summed E-state index contributed by atoms with van der Waals surface area (Å²) in [5.74, 6) is 0.290. The number of hydrogen-bond donors (Lipinski definition) is 2. The van der Waals surface area contributed by atoms with Crippen molar-refractivity contribution in [2.45, 2.75) is 56.4 Å². The minimum atomic E-state index is -3.53. The predicted octanol–water partition coefficient (Wildman–Crippen LogP) is 2.60. The average Bonchev–Trinajstić information content (AvgIpc) is 2.76. The molecule has 0 saturated heterocycles. The molecule has 3 rings (SSSR count). The fraction of sp³-hybridized carbons (Fsp3) is 0.562. The fourth-order valence-electron chi connectivity index (χ4n) is 3.23. The van der Waals surface area contributed by atoms with Gasteiger partial charge in [-0.1, -0.05) is 6.92 Å². The highest BCUT2D eigenvalue weighted by Gasteiger charge is 2.29. The lowest BCUT2D eigenvalue weighted by Gasteiger charge is -2.26. The van der Waals surface area contributed by atoms with Crippen molar-refractivity contribution < 1.29 is 13.2 Å². The molecule has 1 aliphatic carbocycles. The minimum absolute atomic E-state index is 0.0200. The van der Waals surface area contributed by atoms with Gasteiger partial charge in [0.05, 0.1) is 10.8 Å². The summed E-state index contributed by atoms with van der Waals surface area (Å²) >= 11 is 0. The van der Waals surface area contributed by atoms with E-state index < -0.39 is 10.0 Å². The van der Waals surface area contributed by atoms with Crippen molar-refractivity contribution in [2.24, 2.45) is 5.92 Å². The third-order valence-corrected chi connectivity index (χ3v) is 6.31. The maximum absolute atomic E-state index is 12.6. The van der Waals surface area contributed by atoms with Crippen molar-refractivity contribution >= 4 is 21.6 Å². The largest absolute Gasteiger partial charge is 0.325 e. The molecule has 5 nitrogen and oxygen atoms in total. The topological polar surface area (TPSA) is 75.3 Å². The Balaban J connectivity index is 1.80. The van der Waals surface area contributed by atoms with Crippen LogP contribution < -0.4 is 10.0 Å². The number of amides is 1. The van der Waals surface area contributed by atoms with Gasteiger partial charge in [-0.2, -0.15) is 0 Å². The monoisotopic (exact) mass is 322 g/mol. The highest BCUT2D eigenvalue weighted by Crippen LogP contribution is 2.34. The molecule has 0 aromatic heterocycles. The summed E-state index contributed by atoms with van der Waals surface area (Å²) in [7, 11) is -3.53. The van der Waals surface area contributed by atoms with E-state index in [4.69, 9.17) is 0 Å². The van der Waals surface area contributed by atoms with E-state index in [1.165, 1.54) is 0 Å². The number of benzene rings is 1. The predicted molar refractivity (Wildman–Crippen MR) is 85.2 cm³/mol. The normalized spacial score (nSPS) is 28.3. The maximum atomic E-state index is 12.6. The van der Waals surface area contributed by atoms with Crippen molar-refractivity contribution in [3.05, 3.63) is 23.8 Å². The molecule has 1 heterocycles. The van der Waals surface area contributed by atoms with Crippen LogP contribution in [-0.4, -0.2) is 20.4 Å². The van der Waals surface area contributed by atoms with E-state index in [0.717, 1.165) is 31.2 Å². The molecule has 6 heteroatoms. The third-order valence-electron chi connectivity index (χ3n) is 4.79. The summed E-state index contributed by atoms with van der Waals surface area (Å²) < 4.78 is 27.9. The number of carbonyl (C=O) groups is 1. The molecule has 1 aromatic rings. The van der Waals surface area contributed by atoms with Crippen LogP contribution in [0.25, 0.3) is 0 Å². The summed E-state index contributed by atoms with van der Waals surface area (Å²) in [5.41, 5.74) is 1.47. The number of hydrogen-bond acceptors (Lipinski definition) is 3. The van der Waals surface area contributed by atoms with Gasteiger partial charge in [-0.3, -0.25) is 4.79 Å². The highest BCUT2D eigenvalue weighted by atomic mass is 32.2. The molecule has 0 radical (unpaired) electrons. The van der Waals surface area contributed by atoms with E-state index in [9.17, 15) is 13.2 Å². The SMILES string of the molecule is CC1CCC(NS(=O)(=O)c2ccc3c(c2)[C@@H](C)C(=O)N3)CC1. The van der Waals surface area contributed by atoms with Gasteiger partial charge < -0.3 is 5.32 Å². The summed E-state index contributed by atoms with van der Waals surface area (Å²) in [6.45, 7) is 3.99. The smallest absolute Gasteiger partial charge is 0.240 e. The first-order chi connectivity index (χ1) is 10.4.